The van der Waals surface area contributed by atoms with Crippen LogP contribution in [0.15, 0.2) is 66.2 Å². The Hall–Kier alpha value is -4.06. The fraction of sp³-hybridized carbons (Fsp3) is 0.185. The highest BCUT2D eigenvalue weighted by Crippen LogP contribution is 2.45. The van der Waals surface area contributed by atoms with Crippen molar-refractivity contribution in [3.63, 3.8) is 0 Å². The number of ether oxygens (including phenoxy) is 2. The molecule has 1 unspecified atom stereocenters. The molecule has 0 spiro atoms. The van der Waals surface area contributed by atoms with Crippen LogP contribution in [0, 0.1) is 20.8 Å². The number of anilines is 1. The highest BCUT2D eigenvalue weighted by atomic mass is 16.7. The van der Waals surface area contributed by atoms with Crippen molar-refractivity contribution >= 4 is 23.1 Å². The van der Waals surface area contributed by atoms with Crippen LogP contribution in [0.5, 0.6) is 11.5 Å². The number of hydrogen-bond donors (Lipinski definition) is 1. The summed E-state index contributed by atoms with van der Waals surface area (Å²) in [4.78, 5) is 28.0. The van der Waals surface area contributed by atoms with Crippen molar-refractivity contribution in [3.05, 3.63) is 94.1 Å². The molecule has 6 heteroatoms. The summed E-state index contributed by atoms with van der Waals surface area (Å²) < 4.78 is 10.9. The lowest BCUT2D eigenvalue weighted by Crippen LogP contribution is -2.29. The van der Waals surface area contributed by atoms with Gasteiger partial charge in [-0.05, 0) is 55.7 Å². The molecule has 0 radical (unpaired) electrons. The minimum Gasteiger partial charge on any atom is -0.507 e. The SMILES string of the molecule is Cc1cccc(C2/C(=C(\O)c3ccc(C)c(C)c3)C(=O)C(=O)N2c2ccc3c(c2)OCO3)c1. The Morgan fingerprint density at radius 2 is 1.70 bits per heavy atom. The van der Waals surface area contributed by atoms with Gasteiger partial charge in [-0.2, -0.15) is 0 Å². The Labute approximate surface area is 191 Å². The number of Topliss-reactive ketones (excluding diaryl/α,β-unsaturated/α-hetero) is 1. The van der Waals surface area contributed by atoms with Gasteiger partial charge in [-0.25, -0.2) is 0 Å². The Balaban J connectivity index is 1.72. The predicted molar refractivity (Wildman–Crippen MR) is 124 cm³/mol. The standard InChI is InChI=1S/C27H23NO5/c1-15-5-4-6-18(11-15)24-23(25(29)19-8-7-16(2)17(3)12-19)26(30)27(31)28(24)20-9-10-21-22(13-20)33-14-32-21/h4-13,24,29H,14H2,1-3H3/b25-23+. The van der Waals surface area contributed by atoms with Gasteiger partial charge in [-0.1, -0.05) is 42.0 Å². The van der Waals surface area contributed by atoms with E-state index >= 15 is 0 Å². The lowest BCUT2D eigenvalue weighted by molar-refractivity contribution is -0.132. The first-order chi connectivity index (χ1) is 15.8. The molecule has 1 amide bonds. The number of nitrogens with zero attached hydrogens (tertiary/aromatic N) is 1. The van der Waals surface area contributed by atoms with Crippen LogP contribution in [0.4, 0.5) is 5.69 Å². The second kappa shape index (κ2) is 7.81. The van der Waals surface area contributed by atoms with Crippen molar-refractivity contribution in [2.45, 2.75) is 26.8 Å². The summed E-state index contributed by atoms with van der Waals surface area (Å²) in [6.07, 6.45) is 0. The van der Waals surface area contributed by atoms with Gasteiger partial charge in [0.05, 0.1) is 11.6 Å². The van der Waals surface area contributed by atoms with Crippen LogP contribution in [0.25, 0.3) is 5.76 Å². The van der Waals surface area contributed by atoms with Gasteiger partial charge < -0.3 is 14.6 Å². The maximum Gasteiger partial charge on any atom is 0.300 e. The molecule has 0 bridgehead atoms. The van der Waals surface area contributed by atoms with Crippen LogP contribution in [-0.4, -0.2) is 23.6 Å². The molecule has 3 aromatic carbocycles. The van der Waals surface area contributed by atoms with E-state index in [1.165, 1.54) is 4.90 Å². The summed E-state index contributed by atoms with van der Waals surface area (Å²) in [7, 11) is 0. The first kappa shape index (κ1) is 20.8. The second-order valence-electron chi connectivity index (χ2n) is 8.42. The van der Waals surface area contributed by atoms with E-state index < -0.39 is 17.7 Å². The predicted octanol–water partition coefficient (Wildman–Crippen LogP) is 4.97. The van der Waals surface area contributed by atoms with Gasteiger partial charge >= 0.3 is 0 Å². The molecule has 0 aromatic heterocycles. The van der Waals surface area contributed by atoms with E-state index in [2.05, 4.69) is 0 Å². The lowest BCUT2D eigenvalue weighted by Gasteiger charge is -2.26. The first-order valence-electron chi connectivity index (χ1n) is 10.7. The zero-order valence-electron chi connectivity index (χ0n) is 18.6. The molecular weight excluding hydrogens is 418 g/mol. The molecule has 33 heavy (non-hydrogen) atoms. The van der Waals surface area contributed by atoms with E-state index in [0.717, 1.165) is 22.3 Å². The molecule has 0 saturated carbocycles. The number of carbonyl (C=O) groups excluding carboxylic acids is 2. The Morgan fingerprint density at radius 1 is 0.909 bits per heavy atom. The van der Waals surface area contributed by atoms with Gasteiger partial charge in [0.1, 0.15) is 5.76 Å². The summed E-state index contributed by atoms with van der Waals surface area (Å²) >= 11 is 0. The van der Waals surface area contributed by atoms with Gasteiger partial charge in [0.25, 0.3) is 11.7 Å². The monoisotopic (exact) mass is 441 g/mol. The van der Waals surface area contributed by atoms with Gasteiger partial charge in [-0.3, -0.25) is 14.5 Å². The quantitative estimate of drug-likeness (QED) is 0.353. The number of rotatable bonds is 3. The molecule has 6 nitrogen and oxygen atoms in total. The second-order valence-corrected chi connectivity index (χ2v) is 8.42. The molecule has 5 rings (SSSR count). The normalized spacial score (nSPS) is 18.8. The highest BCUT2D eigenvalue weighted by molar-refractivity contribution is 6.51. The largest absolute Gasteiger partial charge is 0.507 e. The van der Waals surface area contributed by atoms with Crippen molar-refractivity contribution in [2.75, 3.05) is 11.7 Å². The third-order valence-corrected chi connectivity index (χ3v) is 6.22. The van der Waals surface area contributed by atoms with Gasteiger partial charge in [0.2, 0.25) is 6.79 Å². The van der Waals surface area contributed by atoms with Gasteiger partial charge in [0.15, 0.2) is 11.5 Å². The third-order valence-electron chi connectivity index (χ3n) is 6.22. The van der Waals surface area contributed by atoms with Crippen LogP contribution in [0.1, 0.15) is 33.9 Å². The average Bonchev–Trinajstić information content (AvgIpc) is 3.37. The van der Waals surface area contributed by atoms with Crippen LogP contribution < -0.4 is 14.4 Å². The van der Waals surface area contributed by atoms with Crippen LogP contribution in [-0.2, 0) is 9.59 Å². The number of hydrogen-bond acceptors (Lipinski definition) is 5. The van der Waals surface area contributed by atoms with Crippen LogP contribution >= 0.6 is 0 Å². The average molecular weight is 441 g/mol. The fourth-order valence-corrected chi connectivity index (χ4v) is 4.33. The maximum absolute atomic E-state index is 13.3. The number of amides is 1. The number of fused-ring (bicyclic) bond motifs is 1. The molecule has 2 heterocycles. The van der Waals surface area contributed by atoms with E-state index in [0.29, 0.717) is 22.7 Å². The smallest absolute Gasteiger partial charge is 0.300 e. The Morgan fingerprint density at radius 3 is 2.45 bits per heavy atom. The number of aliphatic hydroxyl groups is 1. The molecular formula is C27H23NO5. The van der Waals surface area contributed by atoms with E-state index in [-0.39, 0.29) is 18.1 Å². The van der Waals surface area contributed by atoms with Crippen molar-refractivity contribution in [2.24, 2.45) is 0 Å². The summed E-state index contributed by atoms with van der Waals surface area (Å²) in [5.74, 6) is -0.532. The van der Waals surface area contributed by atoms with Crippen molar-refractivity contribution in [3.8, 4) is 11.5 Å². The molecule has 2 aliphatic heterocycles. The third kappa shape index (κ3) is 3.44. The van der Waals surface area contributed by atoms with Gasteiger partial charge in [-0.15, -0.1) is 0 Å². The highest BCUT2D eigenvalue weighted by Gasteiger charge is 2.47. The molecule has 1 saturated heterocycles. The minimum atomic E-state index is -0.785. The minimum absolute atomic E-state index is 0.0616. The summed E-state index contributed by atoms with van der Waals surface area (Å²) in [5, 5.41) is 11.3. The van der Waals surface area contributed by atoms with E-state index in [1.54, 1.807) is 24.3 Å². The number of carbonyl (C=O) groups is 2. The number of aryl methyl sites for hydroxylation is 3. The number of benzene rings is 3. The summed E-state index contributed by atoms with van der Waals surface area (Å²) in [5.41, 5.74) is 4.82. The molecule has 1 atom stereocenters. The van der Waals surface area contributed by atoms with Crippen molar-refractivity contribution < 1.29 is 24.2 Å². The van der Waals surface area contributed by atoms with Crippen molar-refractivity contribution in [1.82, 2.24) is 0 Å². The Bertz CT molecular complexity index is 1340. The zero-order chi connectivity index (χ0) is 23.3. The summed E-state index contributed by atoms with van der Waals surface area (Å²) in [6.45, 7) is 5.96. The Kier molecular flexibility index (Phi) is 4.93. The zero-order valence-corrected chi connectivity index (χ0v) is 18.6. The van der Waals surface area contributed by atoms with E-state index in [9.17, 15) is 14.7 Å². The van der Waals surface area contributed by atoms with Gasteiger partial charge in [0, 0.05) is 17.3 Å². The van der Waals surface area contributed by atoms with E-state index in [4.69, 9.17) is 9.47 Å². The lowest BCUT2D eigenvalue weighted by atomic mass is 9.93. The van der Waals surface area contributed by atoms with Crippen LogP contribution in [0.2, 0.25) is 0 Å². The molecule has 3 aromatic rings. The van der Waals surface area contributed by atoms with Crippen LogP contribution in [0.3, 0.4) is 0 Å². The van der Waals surface area contributed by atoms with Crippen molar-refractivity contribution in [1.29, 1.82) is 0 Å². The molecule has 1 fully saturated rings. The topological polar surface area (TPSA) is 76.1 Å². The maximum atomic E-state index is 13.3. The van der Waals surface area contributed by atoms with E-state index in [1.807, 2.05) is 57.2 Å². The molecule has 0 aliphatic carbocycles. The number of ketones is 1. The first-order valence-corrected chi connectivity index (χ1v) is 10.7. The molecule has 2 aliphatic rings. The molecule has 166 valence electrons. The summed E-state index contributed by atoms with van der Waals surface area (Å²) in [6, 6.07) is 17.4. The number of aliphatic hydroxyl groups excluding tert-OH is 1. The molecule has 1 N–H and O–H groups in total. The fourth-order valence-electron chi connectivity index (χ4n) is 4.33.